The van der Waals surface area contributed by atoms with E-state index in [4.69, 9.17) is 28.4 Å². The standard InChI is InChI=1S/C28H38O14/c1-11-25(34)41-19-8-16(10-29)20-21(42-20)23(39-14(4)32)26(6)17(37-12(2)30)9-18(38-13(3)31)27(7,35)22(26)24(28(11,19)36)40-15(5)33/h8,11,17-24,29,35-36H,9-10H2,1-7H3/b16-8-/t11-,17-,18+,19-,20+,21+,22+,23-,24+,26-,27+,28-/m0/s1. The Kier molecular flexibility index (Phi) is 8.26. The zero-order valence-electron chi connectivity index (χ0n) is 24.5. The number of fused-ring (bicyclic) bond motifs is 3. The summed E-state index contributed by atoms with van der Waals surface area (Å²) in [5.41, 5.74) is -6.11. The van der Waals surface area contributed by atoms with Gasteiger partial charge in [-0.1, -0.05) is 6.92 Å². The van der Waals surface area contributed by atoms with Crippen molar-refractivity contribution in [3.63, 3.8) is 0 Å². The molecular formula is C28H38O14. The maximum atomic E-state index is 13.0. The third kappa shape index (κ3) is 5.07. The Labute approximate surface area is 242 Å². The third-order valence-electron chi connectivity index (χ3n) is 9.13. The highest BCUT2D eigenvalue weighted by Crippen LogP contribution is 2.60. The van der Waals surface area contributed by atoms with E-state index in [9.17, 15) is 39.3 Å². The Balaban J connectivity index is 2.11. The summed E-state index contributed by atoms with van der Waals surface area (Å²) in [4.78, 5) is 62.8. The Morgan fingerprint density at radius 3 is 1.95 bits per heavy atom. The molecule has 14 heteroatoms. The summed E-state index contributed by atoms with van der Waals surface area (Å²) in [5, 5.41) is 35.0. The number of esters is 5. The Morgan fingerprint density at radius 2 is 1.43 bits per heavy atom. The first-order valence-electron chi connectivity index (χ1n) is 13.7. The van der Waals surface area contributed by atoms with Gasteiger partial charge in [0, 0.05) is 40.0 Å². The molecule has 0 aromatic rings. The maximum absolute atomic E-state index is 13.0. The number of rotatable bonds is 5. The minimum absolute atomic E-state index is 0.190. The summed E-state index contributed by atoms with van der Waals surface area (Å²) in [6, 6.07) is 0. The van der Waals surface area contributed by atoms with Crippen LogP contribution in [0.5, 0.6) is 0 Å². The molecule has 0 unspecified atom stereocenters. The van der Waals surface area contributed by atoms with Crippen LogP contribution in [0.15, 0.2) is 11.6 Å². The van der Waals surface area contributed by atoms with Crippen molar-refractivity contribution in [1.29, 1.82) is 0 Å². The van der Waals surface area contributed by atoms with Crippen molar-refractivity contribution in [2.24, 2.45) is 17.3 Å². The fraction of sp³-hybridized carbons (Fsp3) is 0.750. The molecule has 0 aromatic carbocycles. The van der Waals surface area contributed by atoms with Crippen LogP contribution in [0.3, 0.4) is 0 Å². The van der Waals surface area contributed by atoms with Gasteiger partial charge in [-0.15, -0.1) is 0 Å². The van der Waals surface area contributed by atoms with Gasteiger partial charge < -0.3 is 43.7 Å². The smallest absolute Gasteiger partial charge is 0.312 e. The van der Waals surface area contributed by atoms with Crippen molar-refractivity contribution >= 4 is 29.8 Å². The predicted molar refractivity (Wildman–Crippen MR) is 137 cm³/mol. The third-order valence-corrected chi connectivity index (χ3v) is 9.13. The van der Waals surface area contributed by atoms with Gasteiger partial charge in [-0.2, -0.15) is 0 Å². The van der Waals surface area contributed by atoms with Gasteiger partial charge in [0.2, 0.25) is 0 Å². The number of hydrogen-bond acceptors (Lipinski definition) is 14. The fourth-order valence-electron chi connectivity index (χ4n) is 7.21. The van der Waals surface area contributed by atoms with E-state index in [2.05, 4.69) is 0 Å². The molecule has 0 spiro atoms. The minimum Gasteiger partial charge on any atom is -0.462 e. The second kappa shape index (κ2) is 10.9. The molecule has 3 fully saturated rings. The van der Waals surface area contributed by atoms with Gasteiger partial charge in [-0.05, 0) is 25.5 Å². The summed E-state index contributed by atoms with van der Waals surface area (Å²) in [6.07, 6.45) is -8.14. The molecule has 2 aliphatic heterocycles. The van der Waals surface area contributed by atoms with E-state index >= 15 is 0 Å². The molecule has 234 valence electrons. The Bertz CT molecular complexity index is 1190. The highest BCUT2D eigenvalue weighted by atomic mass is 16.6. The van der Waals surface area contributed by atoms with Gasteiger partial charge in [0.25, 0.3) is 0 Å². The van der Waals surface area contributed by atoms with Crippen LogP contribution >= 0.6 is 0 Å². The molecule has 42 heavy (non-hydrogen) atoms. The van der Waals surface area contributed by atoms with Crippen LogP contribution in [0.1, 0.15) is 54.9 Å². The molecule has 1 saturated carbocycles. The van der Waals surface area contributed by atoms with Crippen molar-refractivity contribution < 1.29 is 67.7 Å². The molecular weight excluding hydrogens is 560 g/mol. The van der Waals surface area contributed by atoms with Crippen LogP contribution in [-0.4, -0.2) is 106 Å². The van der Waals surface area contributed by atoms with Crippen molar-refractivity contribution in [3.8, 4) is 0 Å². The molecule has 14 nitrogen and oxygen atoms in total. The van der Waals surface area contributed by atoms with E-state index in [0.29, 0.717) is 0 Å². The van der Waals surface area contributed by atoms with Crippen molar-refractivity contribution in [2.45, 2.75) is 109 Å². The van der Waals surface area contributed by atoms with Gasteiger partial charge in [-0.3, -0.25) is 24.0 Å². The zero-order chi connectivity index (χ0) is 31.5. The first-order valence-corrected chi connectivity index (χ1v) is 13.7. The highest BCUT2D eigenvalue weighted by molar-refractivity contribution is 5.78. The molecule has 0 radical (unpaired) electrons. The second-order valence-corrected chi connectivity index (χ2v) is 11.9. The molecule has 3 N–H and O–H groups in total. The monoisotopic (exact) mass is 598 g/mol. The van der Waals surface area contributed by atoms with E-state index in [1.54, 1.807) is 0 Å². The average Bonchev–Trinajstić information content (AvgIpc) is 3.61. The molecule has 12 atom stereocenters. The molecule has 4 rings (SSSR count). The van der Waals surface area contributed by atoms with E-state index in [1.165, 1.54) is 26.8 Å². The van der Waals surface area contributed by atoms with E-state index in [-0.39, 0.29) is 12.0 Å². The molecule has 2 saturated heterocycles. The molecule has 2 heterocycles. The van der Waals surface area contributed by atoms with Crippen LogP contribution in [-0.2, 0) is 52.4 Å². The maximum Gasteiger partial charge on any atom is 0.312 e. The van der Waals surface area contributed by atoms with Gasteiger partial charge in [0.15, 0.2) is 11.7 Å². The average molecular weight is 599 g/mol. The molecule has 0 bridgehead atoms. The van der Waals surface area contributed by atoms with Gasteiger partial charge in [0.05, 0.1) is 17.9 Å². The van der Waals surface area contributed by atoms with E-state index in [0.717, 1.165) is 27.7 Å². The molecule has 2 aliphatic carbocycles. The predicted octanol–water partition coefficient (Wildman–Crippen LogP) is -0.517. The van der Waals surface area contributed by atoms with Crippen LogP contribution in [0, 0.1) is 17.3 Å². The van der Waals surface area contributed by atoms with Crippen LogP contribution in [0.2, 0.25) is 0 Å². The van der Waals surface area contributed by atoms with Gasteiger partial charge in [-0.25, -0.2) is 0 Å². The van der Waals surface area contributed by atoms with E-state index in [1.807, 2.05) is 0 Å². The first-order chi connectivity index (χ1) is 19.4. The minimum atomic E-state index is -2.39. The number of epoxide rings is 1. The summed E-state index contributed by atoms with van der Waals surface area (Å²) in [6.45, 7) is 8.00. The van der Waals surface area contributed by atoms with Crippen molar-refractivity contribution in [1.82, 2.24) is 0 Å². The SMILES string of the molecule is CC(=O)O[C@H]1C[C@@H](OC(C)=O)[C@@](C)(O)[C@@H]2[C@@H](OC(C)=O)[C@@]3(O)[C@H](/C=C(/CO)[C@H]4O[C@H]4[C@H](OC(C)=O)[C@@]12C)OC(=O)[C@@H]3C. The summed E-state index contributed by atoms with van der Waals surface area (Å²) in [7, 11) is 0. The lowest BCUT2D eigenvalue weighted by Gasteiger charge is -2.60. The van der Waals surface area contributed by atoms with Crippen LogP contribution in [0.4, 0.5) is 0 Å². The zero-order valence-corrected chi connectivity index (χ0v) is 24.5. The van der Waals surface area contributed by atoms with Crippen LogP contribution < -0.4 is 0 Å². The van der Waals surface area contributed by atoms with Crippen molar-refractivity contribution in [3.05, 3.63) is 11.6 Å². The van der Waals surface area contributed by atoms with Gasteiger partial charge >= 0.3 is 29.8 Å². The van der Waals surface area contributed by atoms with Gasteiger partial charge in [0.1, 0.15) is 42.2 Å². The first kappa shape index (κ1) is 31.9. The van der Waals surface area contributed by atoms with E-state index < -0.39 is 108 Å². The fourth-order valence-corrected chi connectivity index (χ4v) is 7.21. The second-order valence-electron chi connectivity index (χ2n) is 11.9. The normalized spacial score (nSPS) is 45.4. The lowest BCUT2D eigenvalue weighted by molar-refractivity contribution is -0.291. The van der Waals surface area contributed by atoms with Crippen molar-refractivity contribution in [2.75, 3.05) is 6.61 Å². The number of aliphatic hydroxyl groups excluding tert-OH is 1. The Morgan fingerprint density at radius 1 is 0.905 bits per heavy atom. The lowest BCUT2D eigenvalue weighted by Crippen LogP contribution is -2.75. The summed E-state index contributed by atoms with van der Waals surface area (Å²) in [5.74, 6) is -7.00. The number of aliphatic hydroxyl groups is 3. The largest absolute Gasteiger partial charge is 0.462 e. The number of ether oxygens (including phenoxy) is 6. The van der Waals surface area contributed by atoms with Crippen LogP contribution in [0.25, 0.3) is 0 Å². The summed E-state index contributed by atoms with van der Waals surface area (Å²) >= 11 is 0. The number of carbonyl (C=O) groups excluding carboxylic acids is 5. The molecule has 4 aliphatic rings. The Hall–Kier alpha value is -3.07. The topological polar surface area (TPSA) is 205 Å². The summed E-state index contributed by atoms with van der Waals surface area (Å²) < 4.78 is 34.2. The highest BCUT2D eigenvalue weighted by Gasteiger charge is 2.75. The molecule has 0 aromatic heterocycles. The quantitative estimate of drug-likeness (QED) is 0.158. The lowest BCUT2D eigenvalue weighted by atomic mass is 9.51. The number of hydrogen-bond donors (Lipinski definition) is 3. The number of carbonyl (C=O) groups is 5. The molecule has 0 amide bonds.